The number of carbonyl (C=O) groups is 1. The molecule has 6 nitrogen and oxygen atoms in total. The zero-order valence-corrected chi connectivity index (χ0v) is 15.0. The summed E-state index contributed by atoms with van der Waals surface area (Å²) in [5, 5.41) is 3.30. The minimum atomic E-state index is -0.420. The molecule has 0 saturated carbocycles. The molecule has 1 aromatic carbocycles. The highest BCUT2D eigenvalue weighted by Crippen LogP contribution is 2.31. The molecule has 3 rings (SSSR count). The van der Waals surface area contributed by atoms with Crippen LogP contribution in [-0.2, 0) is 6.54 Å². The first-order valence-corrected chi connectivity index (χ1v) is 8.25. The van der Waals surface area contributed by atoms with E-state index in [1.165, 1.54) is 17.7 Å². The van der Waals surface area contributed by atoms with Crippen LogP contribution in [0.15, 0.2) is 57.9 Å². The number of pyridine rings is 1. The van der Waals surface area contributed by atoms with E-state index in [-0.39, 0.29) is 17.9 Å². The lowest BCUT2D eigenvalue weighted by Gasteiger charge is -2.11. The van der Waals surface area contributed by atoms with Gasteiger partial charge in [-0.05, 0) is 36.8 Å². The zero-order chi connectivity index (χ0) is 18.7. The third-order valence-electron chi connectivity index (χ3n) is 3.84. The molecule has 2 aromatic heterocycles. The van der Waals surface area contributed by atoms with Gasteiger partial charge < -0.3 is 19.0 Å². The van der Waals surface area contributed by atoms with Crippen LogP contribution in [0.1, 0.15) is 21.9 Å². The van der Waals surface area contributed by atoms with Gasteiger partial charge in [0.1, 0.15) is 11.5 Å². The lowest BCUT2D eigenvalue weighted by Crippen LogP contribution is -2.18. The second-order valence-corrected chi connectivity index (χ2v) is 6.10. The summed E-state index contributed by atoms with van der Waals surface area (Å²) in [6, 6.07) is 11.5. The fraction of sp³-hybridized carbons (Fsp3) is 0.158. The molecule has 1 N–H and O–H groups in total. The van der Waals surface area contributed by atoms with Gasteiger partial charge in [-0.25, -0.2) is 0 Å². The molecular formula is C19H17ClN2O4. The molecule has 0 bridgehead atoms. The van der Waals surface area contributed by atoms with Crippen LogP contribution in [-0.4, -0.2) is 17.6 Å². The monoisotopic (exact) mass is 372 g/mol. The van der Waals surface area contributed by atoms with E-state index in [9.17, 15) is 9.59 Å². The molecule has 134 valence electrons. The molecule has 0 unspecified atom stereocenters. The summed E-state index contributed by atoms with van der Waals surface area (Å²) in [6.07, 6.45) is 1.66. The number of nitrogens with one attached hydrogen (secondary N) is 1. The molecule has 0 spiro atoms. The highest BCUT2D eigenvalue weighted by molar-refractivity contribution is 6.31. The summed E-state index contributed by atoms with van der Waals surface area (Å²) in [5.74, 6) is 0.676. The van der Waals surface area contributed by atoms with Gasteiger partial charge in [-0.2, -0.15) is 0 Å². The van der Waals surface area contributed by atoms with Gasteiger partial charge in [0.2, 0.25) is 0 Å². The smallest absolute Gasteiger partial charge is 0.291 e. The molecule has 2 heterocycles. The van der Waals surface area contributed by atoms with Crippen molar-refractivity contribution < 1.29 is 13.9 Å². The topological polar surface area (TPSA) is 73.5 Å². The van der Waals surface area contributed by atoms with Crippen molar-refractivity contribution in [1.29, 1.82) is 0 Å². The number of hydrogen-bond donors (Lipinski definition) is 1. The molecule has 1 amide bonds. The number of anilines is 1. The summed E-state index contributed by atoms with van der Waals surface area (Å²) in [4.78, 5) is 24.2. The molecule has 0 saturated heterocycles. The van der Waals surface area contributed by atoms with E-state index in [1.54, 1.807) is 42.6 Å². The number of nitrogens with zero attached hydrogens (tertiary/aromatic N) is 1. The van der Waals surface area contributed by atoms with Crippen LogP contribution in [0.2, 0.25) is 5.02 Å². The number of halogens is 1. The number of furan rings is 1. The minimum absolute atomic E-state index is 0.138. The average Bonchev–Trinajstić information content (AvgIpc) is 3.08. The molecule has 0 atom stereocenters. The van der Waals surface area contributed by atoms with E-state index < -0.39 is 5.91 Å². The van der Waals surface area contributed by atoms with Crippen molar-refractivity contribution in [1.82, 2.24) is 4.57 Å². The summed E-state index contributed by atoms with van der Waals surface area (Å²) in [6.45, 7) is 2.08. The zero-order valence-electron chi connectivity index (χ0n) is 14.3. The maximum absolute atomic E-state index is 12.4. The van der Waals surface area contributed by atoms with E-state index >= 15 is 0 Å². The van der Waals surface area contributed by atoms with Crippen molar-refractivity contribution in [3.63, 3.8) is 0 Å². The lowest BCUT2D eigenvalue weighted by molar-refractivity contribution is 0.0994. The molecule has 7 heteroatoms. The van der Waals surface area contributed by atoms with E-state index in [2.05, 4.69) is 5.32 Å². The number of aryl methyl sites for hydroxylation is 1. The average molecular weight is 373 g/mol. The fourth-order valence-electron chi connectivity index (χ4n) is 2.46. The quantitative estimate of drug-likeness (QED) is 0.740. The van der Waals surface area contributed by atoms with Crippen molar-refractivity contribution in [2.45, 2.75) is 13.5 Å². The Morgan fingerprint density at radius 3 is 2.81 bits per heavy atom. The predicted molar refractivity (Wildman–Crippen MR) is 99.2 cm³/mol. The van der Waals surface area contributed by atoms with Gasteiger partial charge in [0, 0.05) is 23.4 Å². The maximum atomic E-state index is 12.4. The van der Waals surface area contributed by atoms with Gasteiger partial charge in [-0.1, -0.05) is 17.7 Å². The number of rotatable bonds is 5. The van der Waals surface area contributed by atoms with Gasteiger partial charge in [-0.3, -0.25) is 9.59 Å². The van der Waals surface area contributed by atoms with Crippen LogP contribution < -0.4 is 15.6 Å². The SMILES string of the molecule is COc1cc(Cl)c(C)cc1NC(=O)c1ccc(Cn2ccccc2=O)o1. The number of amides is 1. The summed E-state index contributed by atoms with van der Waals surface area (Å²) in [5.41, 5.74) is 1.17. The van der Waals surface area contributed by atoms with Gasteiger partial charge >= 0.3 is 0 Å². The third-order valence-corrected chi connectivity index (χ3v) is 4.25. The molecule has 0 radical (unpaired) electrons. The predicted octanol–water partition coefficient (Wildman–Crippen LogP) is 3.71. The van der Waals surface area contributed by atoms with Gasteiger partial charge in [0.15, 0.2) is 5.76 Å². The van der Waals surface area contributed by atoms with Crippen LogP contribution in [0.4, 0.5) is 5.69 Å². The van der Waals surface area contributed by atoms with Crippen molar-refractivity contribution in [2.75, 3.05) is 12.4 Å². The second-order valence-electron chi connectivity index (χ2n) is 5.69. The summed E-state index contributed by atoms with van der Waals surface area (Å²) < 4.78 is 12.3. The molecule has 3 aromatic rings. The van der Waals surface area contributed by atoms with Gasteiger partial charge in [0.05, 0.1) is 19.3 Å². The fourth-order valence-corrected chi connectivity index (χ4v) is 2.61. The Hall–Kier alpha value is -2.99. The van der Waals surface area contributed by atoms with Crippen molar-refractivity contribution >= 4 is 23.2 Å². The third kappa shape index (κ3) is 3.81. The Balaban J connectivity index is 1.78. The maximum Gasteiger partial charge on any atom is 0.291 e. The minimum Gasteiger partial charge on any atom is -0.495 e. The van der Waals surface area contributed by atoms with E-state index in [4.69, 9.17) is 20.8 Å². The summed E-state index contributed by atoms with van der Waals surface area (Å²) >= 11 is 6.07. The number of benzene rings is 1. The first kappa shape index (κ1) is 17.8. The molecule has 26 heavy (non-hydrogen) atoms. The first-order chi connectivity index (χ1) is 12.5. The van der Waals surface area contributed by atoms with E-state index in [0.29, 0.717) is 22.2 Å². The number of carbonyl (C=O) groups excluding carboxylic acids is 1. The Morgan fingerprint density at radius 2 is 2.08 bits per heavy atom. The van der Waals surface area contributed by atoms with Crippen LogP contribution in [0.3, 0.4) is 0 Å². The molecule has 0 aliphatic rings. The number of aromatic nitrogens is 1. The van der Waals surface area contributed by atoms with Crippen molar-refractivity contribution in [3.8, 4) is 5.75 Å². The van der Waals surface area contributed by atoms with Gasteiger partial charge in [-0.15, -0.1) is 0 Å². The highest BCUT2D eigenvalue weighted by Gasteiger charge is 2.15. The Kier molecular flexibility index (Phi) is 5.14. The normalized spacial score (nSPS) is 10.6. The molecule has 0 fully saturated rings. The molecule has 0 aliphatic carbocycles. The Labute approximate surface area is 155 Å². The number of methoxy groups -OCH3 is 1. The van der Waals surface area contributed by atoms with Crippen LogP contribution in [0.25, 0.3) is 0 Å². The Morgan fingerprint density at radius 1 is 1.27 bits per heavy atom. The summed E-state index contributed by atoms with van der Waals surface area (Å²) in [7, 11) is 1.50. The Bertz CT molecular complexity index is 1010. The van der Waals surface area contributed by atoms with Crippen molar-refractivity contribution in [3.05, 3.63) is 81.1 Å². The second kappa shape index (κ2) is 7.49. The lowest BCUT2D eigenvalue weighted by atomic mass is 10.2. The van der Waals surface area contributed by atoms with Crippen LogP contribution >= 0.6 is 11.6 Å². The number of ether oxygens (including phenoxy) is 1. The molecule has 0 aliphatic heterocycles. The van der Waals surface area contributed by atoms with E-state index in [1.807, 2.05) is 6.92 Å². The van der Waals surface area contributed by atoms with Gasteiger partial charge in [0.25, 0.3) is 11.5 Å². The largest absolute Gasteiger partial charge is 0.495 e. The molecular weight excluding hydrogens is 356 g/mol. The first-order valence-electron chi connectivity index (χ1n) is 7.87. The number of hydrogen-bond acceptors (Lipinski definition) is 4. The standard InChI is InChI=1S/C19H17ClN2O4/c1-12-9-15(17(25-2)10-14(12)20)21-19(24)16-7-6-13(26-16)11-22-8-4-3-5-18(22)23/h3-10H,11H2,1-2H3,(H,21,24). The van der Waals surface area contributed by atoms with E-state index in [0.717, 1.165) is 5.56 Å². The van der Waals surface area contributed by atoms with Crippen LogP contribution in [0.5, 0.6) is 5.75 Å². The highest BCUT2D eigenvalue weighted by atomic mass is 35.5. The van der Waals surface area contributed by atoms with Crippen molar-refractivity contribution in [2.24, 2.45) is 0 Å². The van der Waals surface area contributed by atoms with Crippen LogP contribution in [0, 0.1) is 6.92 Å².